The molecule has 0 aromatic heterocycles. The molecule has 6 heteroatoms. The lowest BCUT2D eigenvalue weighted by molar-refractivity contribution is -0.119. The minimum Gasteiger partial charge on any atom is -0.348 e. The summed E-state index contributed by atoms with van der Waals surface area (Å²) in [6.07, 6.45) is 1.46. The van der Waals surface area contributed by atoms with Crippen LogP contribution in [0.5, 0.6) is 0 Å². The molecule has 2 aromatic rings. The highest BCUT2D eigenvalue weighted by atomic mass is 16.2. The van der Waals surface area contributed by atoms with E-state index in [1.54, 1.807) is 17.0 Å². The van der Waals surface area contributed by atoms with Crippen molar-refractivity contribution in [2.45, 2.75) is 33.2 Å². The smallest absolute Gasteiger partial charge is 0.251 e. The first-order valence-corrected chi connectivity index (χ1v) is 9.52. The van der Waals surface area contributed by atoms with Crippen molar-refractivity contribution in [3.8, 4) is 0 Å². The number of hydrogen-bond acceptors (Lipinski definition) is 3. The third-order valence-corrected chi connectivity index (χ3v) is 4.71. The predicted octanol–water partition coefficient (Wildman–Crippen LogP) is 3.34. The van der Waals surface area contributed by atoms with Crippen molar-refractivity contribution in [2.75, 3.05) is 16.8 Å². The molecule has 3 amide bonds. The summed E-state index contributed by atoms with van der Waals surface area (Å²) in [7, 11) is 0. The molecule has 1 saturated heterocycles. The first-order chi connectivity index (χ1) is 13.4. The average molecular weight is 379 g/mol. The van der Waals surface area contributed by atoms with E-state index in [-0.39, 0.29) is 23.6 Å². The zero-order valence-electron chi connectivity index (χ0n) is 16.2. The molecule has 0 atom stereocenters. The Morgan fingerprint density at radius 2 is 1.71 bits per heavy atom. The number of carbonyl (C=O) groups is 3. The third-order valence-electron chi connectivity index (χ3n) is 4.71. The summed E-state index contributed by atoms with van der Waals surface area (Å²) in [5, 5.41) is 5.72. The van der Waals surface area contributed by atoms with Crippen molar-refractivity contribution in [1.82, 2.24) is 5.32 Å². The van der Waals surface area contributed by atoms with Crippen LogP contribution in [0.2, 0.25) is 0 Å². The number of rotatable bonds is 6. The fourth-order valence-corrected chi connectivity index (χ4v) is 2.99. The largest absolute Gasteiger partial charge is 0.348 e. The van der Waals surface area contributed by atoms with Crippen LogP contribution in [0, 0.1) is 5.92 Å². The molecule has 0 spiro atoms. The summed E-state index contributed by atoms with van der Waals surface area (Å²) < 4.78 is 0. The van der Waals surface area contributed by atoms with E-state index in [0.29, 0.717) is 18.5 Å². The van der Waals surface area contributed by atoms with Crippen LogP contribution in [-0.4, -0.2) is 24.3 Å². The molecule has 1 fully saturated rings. The standard InChI is InChI=1S/C22H25N3O3/c1-15(2)21(27)24-18-9-5-16(6-10-18)14-23-22(28)17-7-11-19(12-8-17)25-13-3-4-20(25)26/h5-12,15H,3-4,13-14H2,1-2H3,(H,23,28)(H,24,27). The molecule has 1 aliphatic rings. The van der Waals surface area contributed by atoms with Gasteiger partial charge in [0.15, 0.2) is 0 Å². The van der Waals surface area contributed by atoms with Crippen molar-refractivity contribution in [2.24, 2.45) is 5.92 Å². The molecular weight excluding hydrogens is 354 g/mol. The lowest BCUT2D eigenvalue weighted by atomic mass is 10.1. The Morgan fingerprint density at radius 3 is 2.29 bits per heavy atom. The Balaban J connectivity index is 1.53. The topological polar surface area (TPSA) is 78.5 Å². The van der Waals surface area contributed by atoms with Crippen LogP contribution in [0.25, 0.3) is 0 Å². The van der Waals surface area contributed by atoms with Gasteiger partial charge < -0.3 is 15.5 Å². The molecule has 28 heavy (non-hydrogen) atoms. The molecule has 0 bridgehead atoms. The van der Waals surface area contributed by atoms with Gasteiger partial charge in [0.2, 0.25) is 11.8 Å². The van der Waals surface area contributed by atoms with Crippen molar-refractivity contribution in [3.05, 3.63) is 59.7 Å². The molecular formula is C22H25N3O3. The summed E-state index contributed by atoms with van der Waals surface area (Å²) in [6.45, 7) is 4.81. The van der Waals surface area contributed by atoms with Gasteiger partial charge in [0, 0.05) is 42.4 Å². The highest BCUT2D eigenvalue weighted by Gasteiger charge is 2.21. The fraction of sp³-hybridized carbons (Fsp3) is 0.318. The number of benzene rings is 2. The van der Waals surface area contributed by atoms with E-state index in [4.69, 9.17) is 0 Å². The number of carbonyl (C=O) groups excluding carboxylic acids is 3. The molecule has 2 N–H and O–H groups in total. The molecule has 3 rings (SSSR count). The van der Waals surface area contributed by atoms with E-state index in [9.17, 15) is 14.4 Å². The highest BCUT2D eigenvalue weighted by molar-refractivity contribution is 5.97. The number of nitrogens with one attached hydrogen (secondary N) is 2. The Bertz CT molecular complexity index is 858. The molecule has 0 saturated carbocycles. The van der Waals surface area contributed by atoms with Crippen LogP contribution in [-0.2, 0) is 16.1 Å². The summed E-state index contributed by atoms with van der Waals surface area (Å²) in [5.74, 6) is -0.143. The van der Waals surface area contributed by atoms with Gasteiger partial charge in [-0.15, -0.1) is 0 Å². The SMILES string of the molecule is CC(C)C(=O)Nc1ccc(CNC(=O)c2ccc(N3CCCC3=O)cc2)cc1. The average Bonchev–Trinajstić information content (AvgIpc) is 3.13. The number of amides is 3. The zero-order chi connectivity index (χ0) is 20.1. The van der Waals surface area contributed by atoms with E-state index in [2.05, 4.69) is 10.6 Å². The monoisotopic (exact) mass is 379 g/mol. The number of nitrogens with zero attached hydrogens (tertiary/aromatic N) is 1. The molecule has 0 aliphatic carbocycles. The normalized spacial score (nSPS) is 13.7. The molecule has 0 unspecified atom stereocenters. The lowest BCUT2D eigenvalue weighted by Gasteiger charge is -2.15. The molecule has 146 valence electrons. The van der Waals surface area contributed by atoms with E-state index in [1.165, 1.54) is 0 Å². The van der Waals surface area contributed by atoms with Crippen LogP contribution < -0.4 is 15.5 Å². The van der Waals surface area contributed by atoms with Crippen LogP contribution in [0.1, 0.15) is 42.6 Å². The Hall–Kier alpha value is -3.15. The van der Waals surface area contributed by atoms with Gasteiger partial charge in [-0.05, 0) is 48.4 Å². The van der Waals surface area contributed by atoms with Gasteiger partial charge in [-0.25, -0.2) is 0 Å². The second kappa shape index (κ2) is 8.69. The third kappa shape index (κ3) is 4.76. The quantitative estimate of drug-likeness (QED) is 0.808. The minimum absolute atomic E-state index is 0.0277. The van der Waals surface area contributed by atoms with Crippen molar-refractivity contribution >= 4 is 29.1 Å². The van der Waals surface area contributed by atoms with E-state index in [0.717, 1.165) is 29.9 Å². The maximum atomic E-state index is 12.4. The summed E-state index contributed by atoms with van der Waals surface area (Å²) in [5.41, 5.74) is 3.06. The second-order valence-electron chi connectivity index (χ2n) is 7.22. The number of hydrogen-bond donors (Lipinski definition) is 2. The second-order valence-corrected chi connectivity index (χ2v) is 7.22. The lowest BCUT2D eigenvalue weighted by Crippen LogP contribution is -2.25. The molecule has 0 radical (unpaired) electrons. The van der Waals surface area contributed by atoms with Gasteiger partial charge >= 0.3 is 0 Å². The van der Waals surface area contributed by atoms with E-state index in [1.807, 2.05) is 50.2 Å². The van der Waals surface area contributed by atoms with Gasteiger partial charge in [-0.3, -0.25) is 14.4 Å². The summed E-state index contributed by atoms with van der Waals surface area (Å²) >= 11 is 0. The molecule has 2 aromatic carbocycles. The van der Waals surface area contributed by atoms with Gasteiger partial charge in [0.25, 0.3) is 5.91 Å². The Kier molecular flexibility index (Phi) is 6.09. The van der Waals surface area contributed by atoms with E-state index >= 15 is 0 Å². The zero-order valence-corrected chi connectivity index (χ0v) is 16.2. The maximum Gasteiger partial charge on any atom is 0.251 e. The molecule has 1 aliphatic heterocycles. The van der Waals surface area contributed by atoms with Crippen molar-refractivity contribution in [3.63, 3.8) is 0 Å². The van der Waals surface area contributed by atoms with Crippen molar-refractivity contribution < 1.29 is 14.4 Å². The van der Waals surface area contributed by atoms with Gasteiger partial charge in [-0.1, -0.05) is 26.0 Å². The summed E-state index contributed by atoms with van der Waals surface area (Å²) in [6, 6.07) is 14.5. The van der Waals surface area contributed by atoms with Gasteiger partial charge in [0.1, 0.15) is 0 Å². The highest BCUT2D eigenvalue weighted by Crippen LogP contribution is 2.21. The Labute approximate surface area is 164 Å². The van der Waals surface area contributed by atoms with Crippen LogP contribution in [0.15, 0.2) is 48.5 Å². The Morgan fingerprint density at radius 1 is 1.04 bits per heavy atom. The fourth-order valence-electron chi connectivity index (χ4n) is 2.99. The number of anilines is 2. The maximum absolute atomic E-state index is 12.4. The van der Waals surface area contributed by atoms with Crippen molar-refractivity contribution in [1.29, 1.82) is 0 Å². The van der Waals surface area contributed by atoms with Crippen LogP contribution >= 0.6 is 0 Å². The van der Waals surface area contributed by atoms with Gasteiger partial charge in [-0.2, -0.15) is 0 Å². The van der Waals surface area contributed by atoms with E-state index < -0.39 is 0 Å². The first kappa shape index (κ1) is 19.6. The molecule has 1 heterocycles. The first-order valence-electron chi connectivity index (χ1n) is 9.52. The van der Waals surface area contributed by atoms with Gasteiger partial charge in [0.05, 0.1) is 0 Å². The predicted molar refractivity (Wildman–Crippen MR) is 109 cm³/mol. The minimum atomic E-state index is -0.170. The molecule has 6 nitrogen and oxygen atoms in total. The van der Waals surface area contributed by atoms with Crippen LogP contribution in [0.4, 0.5) is 11.4 Å². The van der Waals surface area contributed by atoms with Crippen LogP contribution in [0.3, 0.4) is 0 Å². The summed E-state index contributed by atoms with van der Waals surface area (Å²) in [4.78, 5) is 37.6.